The van der Waals surface area contributed by atoms with Gasteiger partial charge in [-0.1, -0.05) is 36.9 Å². The summed E-state index contributed by atoms with van der Waals surface area (Å²) in [5.41, 5.74) is 1.66. The highest BCUT2D eigenvalue weighted by Gasteiger charge is 2.31. The van der Waals surface area contributed by atoms with E-state index in [0.717, 1.165) is 58.0 Å². The SMILES string of the molecule is COc1ccc(C=C2Sc3ccccc3N(CC(=O)NC3CCC(C)CC3)C2=O)cc1Br. The summed E-state index contributed by atoms with van der Waals surface area (Å²) in [6, 6.07) is 13.6. The average Bonchev–Trinajstić information content (AvgIpc) is 2.78. The minimum atomic E-state index is -0.159. The van der Waals surface area contributed by atoms with Crippen LogP contribution in [-0.4, -0.2) is 31.5 Å². The lowest BCUT2D eigenvalue weighted by Crippen LogP contribution is -2.46. The molecule has 2 aromatic rings. The largest absolute Gasteiger partial charge is 0.496 e. The third-order valence-electron chi connectivity index (χ3n) is 5.99. The van der Waals surface area contributed by atoms with Crippen LogP contribution in [0.4, 0.5) is 5.69 Å². The van der Waals surface area contributed by atoms with Gasteiger partial charge in [-0.2, -0.15) is 0 Å². The van der Waals surface area contributed by atoms with Crippen LogP contribution in [0.25, 0.3) is 6.08 Å². The Bertz CT molecular complexity index is 1050. The molecule has 0 bridgehead atoms. The number of hydrogen-bond acceptors (Lipinski definition) is 4. The van der Waals surface area contributed by atoms with Crippen LogP contribution in [0.2, 0.25) is 0 Å². The normalized spacial score (nSPS) is 21.9. The first-order valence-corrected chi connectivity index (χ1v) is 12.5. The number of benzene rings is 2. The molecule has 2 amide bonds. The Balaban J connectivity index is 1.55. The van der Waals surface area contributed by atoms with E-state index < -0.39 is 0 Å². The van der Waals surface area contributed by atoms with Crippen molar-refractivity contribution >= 4 is 51.3 Å². The number of methoxy groups -OCH3 is 1. The van der Waals surface area contributed by atoms with Crippen molar-refractivity contribution in [2.45, 2.75) is 43.5 Å². The molecule has 7 heteroatoms. The second kappa shape index (κ2) is 10.1. The second-order valence-electron chi connectivity index (χ2n) is 8.39. The Morgan fingerprint density at radius 1 is 1.22 bits per heavy atom. The van der Waals surface area contributed by atoms with Crippen molar-refractivity contribution in [2.75, 3.05) is 18.6 Å². The zero-order valence-electron chi connectivity index (χ0n) is 18.3. The molecule has 0 saturated heterocycles. The molecular weight excluding hydrogens is 488 g/mol. The number of carbonyl (C=O) groups excluding carboxylic acids is 2. The molecule has 1 fully saturated rings. The zero-order chi connectivity index (χ0) is 22.7. The molecule has 0 aromatic heterocycles. The van der Waals surface area contributed by atoms with E-state index in [-0.39, 0.29) is 24.4 Å². The van der Waals surface area contributed by atoms with Gasteiger partial charge in [0.25, 0.3) is 5.91 Å². The summed E-state index contributed by atoms with van der Waals surface area (Å²) in [5.74, 6) is 1.19. The number of thioether (sulfide) groups is 1. The van der Waals surface area contributed by atoms with E-state index in [1.165, 1.54) is 11.8 Å². The van der Waals surface area contributed by atoms with Gasteiger partial charge < -0.3 is 10.1 Å². The molecule has 1 aliphatic carbocycles. The van der Waals surface area contributed by atoms with Crippen LogP contribution >= 0.6 is 27.7 Å². The molecule has 1 aliphatic heterocycles. The lowest BCUT2D eigenvalue weighted by atomic mass is 9.87. The average molecular weight is 515 g/mol. The van der Waals surface area contributed by atoms with Gasteiger partial charge in [-0.05, 0) is 83.4 Å². The lowest BCUT2D eigenvalue weighted by Gasteiger charge is -2.31. The molecule has 168 valence electrons. The number of anilines is 1. The van der Waals surface area contributed by atoms with Crippen LogP contribution < -0.4 is 15.0 Å². The van der Waals surface area contributed by atoms with E-state index in [2.05, 4.69) is 28.2 Å². The van der Waals surface area contributed by atoms with Crippen LogP contribution in [0.15, 0.2) is 56.7 Å². The fourth-order valence-corrected chi connectivity index (χ4v) is 5.78. The number of para-hydroxylation sites is 1. The summed E-state index contributed by atoms with van der Waals surface area (Å²) in [5, 5.41) is 3.14. The van der Waals surface area contributed by atoms with Gasteiger partial charge in [0, 0.05) is 10.9 Å². The zero-order valence-corrected chi connectivity index (χ0v) is 20.7. The number of nitrogens with one attached hydrogen (secondary N) is 1. The summed E-state index contributed by atoms with van der Waals surface area (Å²) in [4.78, 5) is 29.4. The number of hydrogen-bond donors (Lipinski definition) is 1. The highest BCUT2D eigenvalue weighted by molar-refractivity contribution is 9.10. The van der Waals surface area contributed by atoms with Gasteiger partial charge in [0.05, 0.1) is 22.2 Å². The number of halogens is 1. The molecule has 1 saturated carbocycles. The van der Waals surface area contributed by atoms with Crippen molar-refractivity contribution in [2.24, 2.45) is 5.92 Å². The van der Waals surface area contributed by atoms with E-state index >= 15 is 0 Å². The van der Waals surface area contributed by atoms with Crippen molar-refractivity contribution in [3.05, 3.63) is 57.4 Å². The molecule has 1 heterocycles. The summed E-state index contributed by atoms with van der Waals surface area (Å²) in [7, 11) is 1.62. The number of carbonyl (C=O) groups is 2. The smallest absolute Gasteiger partial charge is 0.265 e. The first-order chi connectivity index (χ1) is 15.4. The summed E-state index contributed by atoms with van der Waals surface area (Å²) >= 11 is 4.93. The molecule has 32 heavy (non-hydrogen) atoms. The van der Waals surface area contributed by atoms with Crippen LogP contribution in [0.3, 0.4) is 0 Å². The number of fused-ring (bicyclic) bond motifs is 1. The van der Waals surface area contributed by atoms with Gasteiger partial charge in [-0.15, -0.1) is 0 Å². The Morgan fingerprint density at radius 2 is 1.97 bits per heavy atom. The van der Waals surface area contributed by atoms with Gasteiger partial charge in [0.1, 0.15) is 12.3 Å². The number of amides is 2. The Morgan fingerprint density at radius 3 is 2.69 bits per heavy atom. The number of ether oxygens (including phenoxy) is 1. The van der Waals surface area contributed by atoms with E-state index in [1.54, 1.807) is 12.0 Å². The van der Waals surface area contributed by atoms with Crippen molar-refractivity contribution < 1.29 is 14.3 Å². The highest BCUT2D eigenvalue weighted by Crippen LogP contribution is 2.42. The fraction of sp³-hybridized carbons (Fsp3) is 0.360. The maximum atomic E-state index is 13.4. The van der Waals surface area contributed by atoms with Crippen molar-refractivity contribution in [1.29, 1.82) is 0 Å². The monoisotopic (exact) mass is 514 g/mol. The molecule has 0 radical (unpaired) electrons. The predicted octanol–water partition coefficient (Wildman–Crippen LogP) is 5.63. The van der Waals surface area contributed by atoms with Crippen LogP contribution in [0.1, 0.15) is 38.2 Å². The van der Waals surface area contributed by atoms with Crippen LogP contribution in [0.5, 0.6) is 5.75 Å². The minimum Gasteiger partial charge on any atom is -0.496 e. The van der Waals surface area contributed by atoms with E-state index in [1.807, 2.05) is 48.5 Å². The number of rotatable bonds is 5. The quantitative estimate of drug-likeness (QED) is 0.525. The molecule has 1 N–H and O–H groups in total. The molecule has 5 nitrogen and oxygen atoms in total. The highest BCUT2D eigenvalue weighted by atomic mass is 79.9. The van der Waals surface area contributed by atoms with E-state index in [4.69, 9.17) is 4.74 Å². The maximum absolute atomic E-state index is 13.4. The molecule has 4 rings (SSSR count). The van der Waals surface area contributed by atoms with Gasteiger partial charge in [0.15, 0.2) is 0 Å². The summed E-state index contributed by atoms with van der Waals surface area (Å²) < 4.78 is 6.11. The van der Waals surface area contributed by atoms with E-state index in [0.29, 0.717) is 4.91 Å². The topological polar surface area (TPSA) is 58.6 Å². The molecule has 0 atom stereocenters. The van der Waals surface area contributed by atoms with Gasteiger partial charge in [0.2, 0.25) is 5.91 Å². The molecule has 0 unspecified atom stereocenters. The molecular formula is C25H27BrN2O3S. The summed E-state index contributed by atoms with van der Waals surface area (Å²) in [6.07, 6.45) is 6.14. The van der Waals surface area contributed by atoms with Crippen molar-refractivity contribution in [1.82, 2.24) is 5.32 Å². The number of nitrogens with zero attached hydrogens (tertiary/aromatic N) is 1. The van der Waals surface area contributed by atoms with Gasteiger partial charge >= 0.3 is 0 Å². The standard InChI is InChI=1S/C25H27BrN2O3S/c1-16-7-10-18(11-8-16)27-24(29)15-28-20-5-3-4-6-22(20)32-23(25(28)30)14-17-9-12-21(31-2)19(26)13-17/h3-6,9,12-14,16,18H,7-8,10-11,15H2,1-2H3,(H,27,29). The Kier molecular flexibility index (Phi) is 7.26. The third kappa shape index (κ3) is 5.21. The Hall–Kier alpha value is -2.25. The first kappa shape index (κ1) is 22.9. The lowest BCUT2D eigenvalue weighted by molar-refractivity contribution is -0.123. The van der Waals surface area contributed by atoms with Crippen LogP contribution in [0, 0.1) is 5.92 Å². The Labute approximate surface area is 201 Å². The molecule has 2 aromatic carbocycles. The third-order valence-corrected chi connectivity index (χ3v) is 7.69. The van der Waals surface area contributed by atoms with E-state index in [9.17, 15) is 9.59 Å². The fourth-order valence-electron chi connectivity index (χ4n) is 4.16. The molecule has 0 spiro atoms. The maximum Gasteiger partial charge on any atom is 0.265 e. The minimum absolute atomic E-state index is 0.0199. The molecule has 2 aliphatic rings. The summed E-state index contributed by atoms with van der Waals surface area (Å²) in [6.45, 7) is 2.28. The van der Waals surface area contributed by atoms with Gasteiger partial charge in [-0.25, -0.2) is 0 Å². The van der Waals surface area contributed by atoms with Crippen LogP contribution in [-0.2, 0) is 9.59 Å². The second-order valence-corrected chi connectivity index (χ2v) is 10.3. The van der Waals surface area contributed by atoms with Crippen molar-refractivity contribution in [3.8, 4) is 5.75 Å². The van der Waals surface area contributed by atoms with Crippen molar-refractivity contribution in [3.63, 3.8) is 0 Å². The first-order valence-electron chi connectivity index (χ1n) is 10.9. The van der Waals surface area contributed by atoms with Gasteiger partial charge in [-0.3, -0.25) is 14.5 Å². The predicted molar refractivity (Wildman–Crippen MR) is 133 cm³/mol.